The number of hydrogen-bond acceptors (Lipinski definition) is 4. The molecule has 2 heterocycles. The molecular formula is C11H19N3O. The molecule has 4 heteroatoms. The average Bonchev–Trinajstić information content (AvgIpc) is 2.50. The van der Waals surface area contributed by atoms with E-state index in [1.807, 2.05) is 13.8 Å². The maximum absolute atomic E-state index is 5.95. The Labute approximate surface area is 90.4 Å². The number of nitrogens with two attached hydrogens (primary N) is 1. The first-order chi connectivity index (χ1) is 7.16. The first kappa shape index (κ1) is 10.6. The highest BCUT2D eigenvalue weighted by Gasteiger charge is 2.19. The molecule has 1 saturated heterocycles. The summed E-state index contributed by atoms with van der Waals surface area (Å²) in [5.41, 5.74) is 8.18. The predicted octanol–water partition coefficient (Wildman–Crippen LogP) is 1.21. The highest BCUT2D eigenvalue weighted by Crippen LogP contribution is 2.17. The van der Waals surface area contributed by atoms with Crippen molar-refractivity contribution < 1.29 is 4.52 Å². The summed E-state index contributed by atoms with van der Waals surface area (Å²) in [4.78, 5) is 2.39. The number of hydrogen-bond donors (Lipinski definition) is 1. The number of likely N-dealkylation sites (tertiary alicyclic amines) is 1. The monoisotopic (exact) mass is 209 g/mol. The van der Waals surface area contributed by atoms with Crippen LogP contribution in [-0.4, -0.2) is 29.2 Å². The Morgan fingerprint density at radius 3 is 2.93 bits per heavy atom. The van der Waals surface area contributed by atoms with Gasteiger partial charge in [0.1, 0.15) is 5.76 Å². The van der Waals surface area contributed by atoms with Crippen molar-refractivity contribution in [2.45, 2.75) is 39.3 Å². The second-order valence-corrected chi connectivity index (χ2v) is 4.44. The highest BCUT2D eigenvalue weighted by atomic mass is 16.5. The quantitative estimate of drug-likeness (QED) is 0.795. The third-order valence-corrected chi connectivity index (χ3v) is 3.10. The molecule has 4 nitrogen and oxygen atoms in total. The molecule has 2 N–H and O–H groups in total. The van der Waals surface area contributed by atoms with Gasteiger partial charge in [-0.15, -0.1) is 0 Å². The van der Waals surface area contributed by atoms with Gasteiger partial charge < -0.3 is 10.3 Å². The normalized spacial score (nSPS) is 23.3. The van der Waals surface area contributed by atoms with E-state index in [1.165, 1.54) is 12.0 Å². The third-order valence-electron chi connectivity index (χ3n) is 3.10. The molecule has 0 amide bonds. The van der Waals surface area contributed by atoms with Gasteiger partial charge in [-0.05, 0) is 33.2 Å². The van der Waals surface area contributed by atoms with Gasteiger partial charge in [-0.25, -0.2) is 0 Å². The molecule has 0 bridgehead atoms. The number of piperidine rings is 1. The van der Waals surface area contributed by atoms with Crippen molar-refractivity contribution in [1.29, 1.82) is 0 Å². The average molecular weight is 209 g/mol. The van der Waals surface area contributed by atoms with E-state index in [4.69, 9.17) is 10.3 Å². The van der Waals surface area contributed by atoms with Gasteiger partial charge in [0.05, 0.1) is 5.69 Å². The molecule has 0 radical (unpaired) electrons. The maximum atomic E-state index is 5.95. The number of aromatic nitrogens is 1. The summed E-state index contributed by atoms with van der Waals surface area (Å²) in [5, 5.41) is 3.97. The second kappa shape index (κ2) is 4.33. The Morgan fingerprint density at radius 2 is 2.33 bits per heavy atom. The molecule has 0 unspecified atom stereocenters. The molecule has 1 aliphatic rings. The van der Waals surface area contributed by atoms with Crippen LogP contribution in [0.1, 0.15) is 29.9 Å². The van der Waals surface area contributed by atoms with Crippen LogP contribution in [0, 0.1) is 13.8 Å². The number of aryl methyl sites for hydroxylation is 2. The molecular weight excluding hydrogens is 190 g/mol. The zero-order valence-electron chi connectivity index (χ0n) is 9.49. The van der Waals surface area contributed by atoms with Crippen molar-refractivity contribution >= 4 is 0 Å². The zero-order valence-corrected chi connectivity index (χ0v) is 9.49. The van der Waals surface area contributed by atoms with Gasteiger partial charge in [0.25, 0.3) is 0 Å². The first-order valence-electron chi connectivity index (χ1n) is 5.56. The van der Waals surface area contributed by atoms with E-state index in [2.05, 4.69) is 10.1 Å². The molecule has 0 spiro atoms. The number of nitrogens with zero attached hydrogens (tertiary/aromatic N) is 2. The molecule has 1 fully saturated rings. The van der Waals surface area contributed by atoms with E-state index in [1.54, 1.807) is 0 Å². The first-order valence-corrected chi connectivity index (χ1v) is 5.56. The fourth-order valence-corrected chi connectivity index (χ4v) is 2.19. The highest BCUT2D eigenvalue weighted by molar-refractivity contribution is 5.20. The van der Waals surface area contributed by atoms with Gasteiger partial charge in [-0.2, -0.15) is 0 Å². The van der Waals surface area contributed by atoms with Crippen molar-refractivity contribution in [2.75, 3.05) is 13.1 Å². The minimum absolute atomic E-state index is 0.333. The standard InChI is InChI=1S/C11H19N3O/c1-8-11(9(2)15-13-8)7-14-5-3-4-10(12)6-14/h10H,3-7,12H2,1-2H3/t10-/m1/s1. The van der Waals surface area contributed by atoms with E-state index in [-0.39, 0.29) is 0 Å². The van der Waals surface area contributed by atoms with Crippen LogP contribution >= 0.6 is 0 Å². The molecule has 0 aliphatic carbocycles. The summed E-state index contributed by atoms with van der Waals surface area (Å²) in [5.74, 6) is 0.937. The SMILES string of the molecule is Cc1noc(C)c1CN1CCC[C@@H](N)C1. The van der Waals surface area contributed by atoms with Crippen LogP contribution in [0.2, 0.25) is 0 Å². The van der Waals surface area contributed by atoms with Crippen molar-refractivity contribution in [1.82, 2.24) is 10.1 Å². The van der Waals surface area contributed by atoms with E-state index < -0.39 is 0 Å². The van der Waals surface area contributed by atoms with Crippen LogP contribution in [0.25, 0.3) is 0 Å². The zero-order chi connectivity index (χ0) is 10.8. The van der Waals surface area contributed by atoms with Gasteiger partial charge >= 0.3 is 0 Å². The van der Waals surface area contributed by atoms with Gasteiger partial charge in [-0.1, -0.05) is 5.16 Å². The fraction of sp³-hybridized carbons (Fsp3) is 0.727. The van der Waals surface area contributed by atoms with Crippen LogP contribution in [0.4, 0.5) is 0 Å². The summed E-state index contributed by atoms with van der Waals surface area (Å²) >= 11 is 0. The van der Waals surface area contributed by atoms with Gasteiger partial charge in [0.15, 0.2) is 0 Å². The summed E-state index contributed by atoms with van der Waals surface area (Å²) in [6.45, 7) is 7.02. The molecule has 0 saturated carbocycles. The minimum atomic E-state index is 0.333. The molecule has 15 heavy (non-hydrogen) atoms. The second-order valence-electron chi connectivity index (χ2n) is 4.44. The largest absolute Gasteiger partial charge is 0.361 e. The van der Waals surface area contributed by atoms with Crippen LogP contribution in [0.15, 0.2) is 4.52 Å². The summed E-state index contributed by atoms with van der Waals surface area (Å²) in [6, 6.07) is 0.333. The minimum Gasteiger partial charge on any atom is -0.361 e. The lowest BCUT2D eigenvalue weighted by atomic mass is 10.1. The fourth-order valence-electron chi connectivity index (χ4n) is 2.19. The van der Waals surface area contributed by atoms with Crippen molar-refractivity contribution in [3.63, 3.8) is 0 Å². The molecule has 1 atom stereocenters. The van der Waals surface area contributed by atoms with Crippen molar-refractivity contribution in [3.05, 3.63) is 17.0 Å². The lowest BCUT2D eigenvalue weighted by Gasteiger charge is -2.30. The summed E-state index contributed by atoms with van der Waals surface area (Å²) in [7, 11) is 0. The molecule has 2 rings (SSSR count). The summed E-state index contributed by atoms with van der Waals surface area (Å²) < 4.78 is 5.16. The maximum Gasteiger partial charge on any atom is 0.138 e. The number of rotatable bonds is 2. The summed E-state index contributed by atoms with van der Waals surface area (Å²) in [6.07, 6.45) is 2.35. The van der Waals surface area contributed by atoms with Gasteiger partial charge in [-0.3, -0.25) is 4.90 Å². The van der Waals surface area contributed by atoms with Crippen LogP contribution in [-0.2, 0) is 6.54 Å². The van der Waals surface area contributed by atoms with E-state index in [0.717, 1.165) is 37.5 Å². The lowest BCUT2D eigenvalue weighted by Crippen LogP contribution is -2.42. The molecule has 84 valence electrons. The molecule has 1 aliphatic heterocycles. The van der Waals surface area contributed by atoms with Gasteiger partial charge in [0, 0.05) is 24.7 Å². The lowest BCUT2D eigenvalue weighted by molar-refractivity contribution is 0.200. The smallest absolute Gasteiger partial charge is 0.138 e. The van der Waals surface area contributed by atoms with Crippen LogP contribution < -0.4 is 5.73 Å². The predicted molar refractivity (Wildman–Crippen MR) is 58.5 cm³/mol. The Bertz CT molecular complexity index is 315. The van der Waals surface area contributed by atoms with Crippen LogP contribution in [0.5, 0.6) is 0 Å². The van der Waals surface area contributed by atoms with E-state index in [0.29, 0.717) is 6.04 Å². The Hall–Kier alpha value is -0.870. The Balaban J connectivity index is 2.02. The van der Waals surface area contributed by atoms with E-state index >= 15 is 0 Å². The van der Waals surface area contributed by atoms with Crippen molar-refractivity contribution in [3.8, 4) is 0 Å². The topological polar surface area (TPSA) is 55.3 Å². The Kier molecular flexibility index (Phi) is 3.07. The molecule has 0 aromatic carbocycles. The Morgan fingerprint density at radius 1 is 1.53 bits per heavy atom. The van der Waals surface area contributed by atoms with Gasteiger partial charge in [0.2, 0.25) is 0 Å². The molecule has 1 aromatic heterocycles. The third kappa shape index (κ3) is 2.38. The molecule has 1 aromatic rings. The van der Waals surface area contributed by atoms with Crippen LogP contribution in [0.3, 0.4) is 0 Å². The van der Waals surface area contributed by atoms with E-state index in [9.17, 15) is 0 Å². The van der Waals surface area contributed by atoms with Crippen molar-refractivity contribution in [2.24, 2.45) is 5.73 Å².